The van der Waals surface area contributed by atoms with Crippen LogP contribution in [0.4, 0.5) is 0 Å². The third kappa shape index (κ3) is 7.35. The van der Waals surface area contributed by atoms with Gasteiger partial charge in [-0.1, -0.05) is 27.7 Å². The van der Waals surface area contributed by atoms with Crippen LogP contribution in [0.25, 0.3) is 0 Å². The van der Waals surface area contributed by atoms with Crippen molar-refractivity contribution in [3.8, 4) is 0 Å². The predicted octanol–water partition coefficient (Wildman–Crippen LogP) is 2.88. The molecule has 2 aliphatic heterocycles. The number of likely N-dealkylation sites (tertiary alicyclic amines) is 1. The van der Waals surface area contributed by atoms with Crippen LogP contribution in [0, 0.1) is 11.3 Å². The third-order valence-corrected chi connectivity index (χ3v) is 5.83. The maximum absolute atomic E-state index is 12.7. The van der Waals surface area contributed by atoms with Crippen molar-refractivity contribution in [2.24, 2.45) is 16.3 Å². The molecule has 0 aliphatic carbocycles. The second-order valence-corrected chi connectivity index (χ2v) is 9.39. The molecule has 1 N–H and O–H groups in total. The van der Waals surface area contributed by atoms with Crippen LogP contribution in [0.1, 0.15) is 53.9 Å². The molecule has 1 amide bonds. The summed E-state index contributed by atoms with van der Waals surface area (Å²) in [6, 6.07) is -0.00907. The molecule has 28 heavy (non-hydrogen) atoms. The number of piperazine rings is 1. The number of guanidine groups is 1. The molecule has 0 bridgehead atoms. The summed E-state index contributed by atoms with van der Waals surface area (Å²) < 4.78 is 0. The number of aliphatic imine (C=N–C) groups is 1. The Kier molecular flexibility index (Phi) is 10.5. The van der Waals surface area contributed by atoms with Crippen molar-refractivity contribution >= 4 is 35.8 Å². The summed E-state index contributed by atoms with van der Waals surface area (Å²) in [5.41, 5.74) is 0.253. The van der Waals surface area contributed by atoms with Gasteiger partial charge >= 0.3 is 0 Å². The van der Waals surface area contributed by atoms with Gasteiger partial charge in [0.05, 0.1) is 6.04 Å². The Hall–Kier alpha value is -0.570. The number of halogens is 1. The first-order valence-corrected chi connectivity index (χ1v) is 10.7. The van der Waals surface area contributed by atoms with Crippen molar-refractivity contribution in [2.75, 3.05) is 52.9 Å². The van der Waals surface area contributed by atoms with E-state index in [0.717, 1.165) is 64.6 Å². The predicted molar refractivity (Wildman–Crippen MR) is 128 cm³/mol. The van der Waals surface area contributed by atoms with Gasteiger partial charge in [-0.15, -0.1) is 24.0 Å². The average Bonchev–Trinajstić information content (AvgIpc) is 3.15. The van der Waals surface area contributed by atoms with E-state index in [9.17, 15) is 4.79 Å². The highest BCUT2D eigenvalue weighted by atomic mass is 127. The van der Waals surface area contributed by atoms with Gasteiger partial charge in [0, 0.05) is 52.9 Å². The topological polar surface area (TPSA) is 51.2 Å². The van der Waals surface area contributed by atoms with Crippen LogP contribution in [0.5, 0.6) is 0 Å². The van der Waals surface area contributed by atoms with Crippen LogP contribution in [0.15, 0.2) is 4.99 Å². The van der Waals surface area contributed by atoms with Gasteiger partial charge in [0.1, 0.15) is 0 Å². The minimum Gasteiger partial charge on any atom is -0.356 e. The molecule has 2 aliphatic rings. The molecule has 2 heterocycles. The van der Waals surface area contributed by atoms with Gasteiger partial charge in [-0.2, -0.15) is 0 Å². The highest BCUT2D eigenvalue weighted by Gasteiger charge is 2.30. The Morgan fingerprint density at radius 1 is 1.00 bits per heavy atom. The molecule has 1 atom stereocenters. The maximum atomic E-state index is 12.7. The SMILES string of the molecule is CN=C(NCC(C)(C)CC(C)C)N1CCN(C(C)C(=O)N2CCCC2)CC1.I. The van der Waals surface area contributed by atoms with Crippen LogP contribution < -0.4 is 5.32 Å². The lowest BCUT2D eigenvalue weighted by molar-refractivity contribution is -0.135. The first-order valence-electron chi connectivity index (χ1n) is 10.7. The Labute approximate surface area is 189 Å². The molecule has 0 aromatic carbocycles. The zero-order valence-corrected chi connectivity index (χ0v) is 21.2. The van der Waals surface area contributed by atoms with E-state index in [4.69, 9.17) is 0 Å². The lowest BCUT2D eigenvalue weighted by atomic mass is 9.84. The smallest absolute Gasteiger partial charge is 0.239 e. The fourth-order valence-corrected chi connectivity index (χ4v) is 4.51. The van der Waals surface area contributed by atoms with E-state index < -0.39 is 0 Å². The van der Waals surface area contributed by atoms with Crippen LogP contribution in [-0.2, 0) is 4.79 Å². The second-order valence-electron chi connectivity index (χ2n) is 9.39. The van der Waals surface area contributed by atoms with E-state index in [2.05, 4.69) is 54.7 Å². The second kappa shape index (κ2) is 11.6. The number of hydrogen-bond acceptors (Lipinski definition) is 3. The fourth-order valence-electron chi connectivity index (χ4n) is 4.51. The van der Waals surface area contributed by atoms with E-state index in [-0.39, 0.29) is 35.4 Å². The summed E-state index contributed by atoms with van der Waals surface area (Å²) >= 11 is 0. The quantitative estimate of drug-likeness (QED) is 0.341. The Morgan fingerprint density at radius 2 is 1.57 bits per heavy atom. The minimum atomic E-state index is -0.00907. The number of nitrogens with one attached hydrogen (secondary N) is 1. The number of hydrogen-bond donors (Lipinski definition) is 1. The van der Waals surface area contributed by atoms with Crippen molar-refractivity contribution in [3.05, 3.63) is 0 Å². The molecular weight excluding hydrogens is 465 g/mol. The molecule has 1 unspecified atom stereocenters. The molecular formula is C21H42IN5O. The fraction of sp³-hybridized carbons (Fsp3) is 0.905. The monoisotopic (exact) mass is 507 g/mol. The van der Waals surface area contributed by atoms with E-state index in [1.807, 2.05) is 11.9 Å². The van der Waals surface area contributed by atoms with Gasteiger partial charge in [-0.25, -0.2) is 0 Å². The molecule has 0 radical (unpaired) electrons. The summed E-state index contributed by atoms with van der Waals surface area (Å²) in [6.07, 6.45) is 3.50. The molecule has 0 aromatic heterocycles. The number of carbonyl (C=O) groups excluding carboxylic acids is 1. The molecule has 2 saturated heterocycles. The first kappa shape index (κ1) is 25.5. The highest BCUT2D eigenvalue weighted by Crippen LogP contribution is 2.24. The molecule has 7 heteroatoms. The molecule has 0 aromatic rings. The molecule has 2 rings (SSSR count). The molecule has 2 fully saturated rings. The van der Waals surface area contributed by atoms with Crippen LogP contribution >= 0.6 is 24.0 Å². The standard InChI is InChI=1S/C21H41N5O.HI/c1-17(2)15-21(4,5)16-23-20(22-6)26-13-11-24(12-14-26)18(3)19(27)25-9-7-8-10-25;/h17-18H,7-16H2,1-6H3,(H,22,23);1H. The van der Waals surface area contributed by atoms with Crippen molar-refractivity contribution in [2.45, 2.75) is 59.9 Å². The van der Waals surface area contributed by atoms with Gasteiger partial charge < -0.3 is 15.1 Å². The zero-order valence-electron chi connectivity index (χ0n) is 18.8. The summed E-state index contributed by atoms with van der Waals surface area (Å²) in [6.45, 7) is 17.7. The van der Waals surface area contributed by atoms with Gasteiger partial charge in [-0.05, 0) is 37.5 Å². The molecule has 164 valence electrons. The minimum absolute atomic E-state index is 0. The maximum Gasteiger partial charge on any atom is 0.239 e. The van der Waals surface area contributed by atoms with E-state index in [1.54, 1.807) is 0 Å². The lowest BCUT2D eigenvalue weighted by Gasteiger charge is -2.40. The van der Waals surface area contributed by atoms with Crippen molar-refractivity contribution in [1.29, 1.82) is 0 Å². The zero-order chi connectivity index (χ0) is 20.0. The van der Waals surface area contributed by atoms with E-state index >= 15 is 0 Å². The summed E-state index contributed by atoms with van der Waals surface area (Å²) in [5, 5.41) is 3.58. The molecule has 6 nitrogen and oxygen atoms in total. The highest BCUT2D eigenvalue weighted by molar-refractivity contribution is 14.0. The van der Waals surface area contributed by atoms with Crippen LogP contribution in [-0.4, -0.2) is 85.5 Å². The largest absolute Gasteiger partial charge is 0.356 e. The van der Waals surface area contributed by atoms with Gasteiger partial charge in [0.15, 0.2) is 5.96 Å². The normalized spacial score (nSPS) is 20.3. The summed E-state index contributed by atoms with van der Waals surface area (Å²) in [7, 11) is 1.86. The Morgan fingerprint density at radius 3 is 2.07 bits per heavy atom. The number of rotatable bonds is 6. The van der Waals surface area contributed by atoms with E-state index in [1.165, 1.54) is 6.42 Å². The Bertz CT molecular complexity index is 509. The number of nitrogens with zero attached hydrogens (tertiary/aromatic N) is 4. The van der Waals surface area contributed by atoms with E-state index in [0.29, 0.717) is 11.8 Å². The first-order chi connectivity index (χ1) is 12.7. The van der Waals surface area contributed by atoms with Gasteiger partial charge in [-0.3, -0.25) is 14.7 Å². The average molecular weight is 508 g/mol. The van der Waals surface area contributed by atoms with Crippen molar-refractivity contribution < 1.29 is 4.79 Å². The molecule has 0 saturated carbocycles. The van der Waals surface area contributed by atoms with Crippen molar-refractivity contribution in [1.82, 2.24) is 20.0 Å². The molecule has 0 spiro atoms. The van der Waals surface area contributed by atoms with Gasteiger partial charge in [0.2, 0.25) is 5.91 Å². The van der Waals surface area contributed by atoms with Gasteiger partial charge in [0.25, 0.3) is 0 Å². The summed E-state index contributed by atoms with van der Waals surface area (Å²) in [4.78, 5) is 23.8. The van der Waals surface area contributed by atoms with Crippen molar-refractivity contribution in [3.63, 3.8) is 0 Å². The Balaban J connectivity index is 0.00000392. The number of amides is 1. The third-order valence-electron chi connectivity index (χ3n) is 5.83. The van der Waals surface area contributed by atoms with Crippen LogP contribution in [0.3, 0.4) is 0 Å². The summed E-state index contributed by atoms with van der Waals surface area (Å²) in [5.74, 6) is 1.99. The number of carbonyl (C=O) groups is 1. The van der Waals surface area contributed by atoms with Crippen LogP contribution in [0.2, 0.25) is 0 Å². The lowest BCUT2D eigenvalue weighted by Crippen LogP contribution is -2.57.